The van der Waals surface area contributed by atoms with Gasteiger partial charge in [0.25, 0.3) is 0 Å². The summed E-state index contributed by atoms with van der Waals surface area (Å²) < 4.78 is 15.7. The van der Waals surface area contributed by atoms with Gasteiger partial charge in [0.2, 0.25) is 0 Å². The van der Waals surface area contributed by atoms with Gasteiger partial charge < -0.3 is 4.57 Å². The number of halogens is 1. The number of hydrogen-bond donors (Lipinski definition) is 0. The van der Waals surface area contributed by atoms with Crippen molar-refractivity contribution in [3.63, 3.8) is 0 Å². The number of hydrogen-bond acceptors (Lipinski definition) is 1. The van der Waals surface area contributed by atoms with E-state index in [0.717, 1.165) is 25.6 Å². The van der Waals surface area contributed by atoms with Crippen LogP contribution in [0.3, 0.4) is 0 Å². The van der Waals surface area contributed by atoms with E-state index < -0.39 is 0 Å². The molecule has 0 spiro atoms. The second kappa shape index (κ2) is 5.99. The molecule has 128 valence electrons. The maximum atomic E-state index is 13.1. The number of para-hydroxylation sites is 1. The highest BCUT2D eigenvalue weighted by molar-refractivity contribution is 5.86. The molecule has 2 nitrogen and oxygen atoms in total. The number of rotatable bonds is 3. The van der Waals surface area contributed by atoms with Gasteiger partial charge in [-0.05, 0) is 61.6 Å². The fraction of sp³-hybridized carbons (Fsp3) is 0.364. The van der Waals surface area contributed by atoms with Crippen molar-refractivity contribution in [2.24, 2.45) is 0 Å². The van der Waals surface area contributed by atoms with E-state index in [-0.39, 0.29) is 5.82 Å². The van der Waals surface area contributed by atoms with Crippen LogP contribution in [0.1, 0.15) is 29.7 Å². The Balaban J connectivity index is 1.52. The van der Waals surface area contributed by atoms with Crippen LogP contribution >= 0.6 is 0 Å². The molecule has 1 aromatic heterocycles. The second-order valence-electron chi connectivity index (χ2n) is 7.44. The highest BCUT2D eigenvalue weighted by Gasteiger charge is 2.33. The minimum atomic E-state index is -0.160. The van der Waals surface area contributed by atoms with Gasteiger partial charge in [0.1, 0.15) is 5.82 Å². The average Bonchev–Trinajstić information content (AvgIpc) is 3.22. The lowest BCUT2D eigenvalue weighted by atomic mass is 9.97. The van der Waals surface area contributed by atoms with Gasteiger partial charge in [-0.3, -0.25) is 4.90 Å². The molecule has 0 aliphatic carbocycles. The van der Waals surface area contributed by atoms with Gasteiger partial charge in [-0.1, -0.05) is 30.3 Å². The zero-order valence-corrected chi connectivity index (χ0v) is 14.4. The maximum absolute atomic E-state index is 13.1. The normalized spacial score (nSPS) is 20.0. The molecule has 1 unspecified atom stereocenters. The number of aryl methyl sites for hydroxylation is 2. The lowest BCUT2D eigenvalue weighted by molar-refractivity contribution is 0.221. The van der Waals surface area contributed by atoms with E-state index in [9.17, 15) is 4.39 Å². The van der Waals surface area contributed by atoms with Gasteiger partial charge in [0.05, 0.1) is 0 Å². The number of fused-ring (bicyclic) bond motifs is 4. The molecule has 0 radical (unpaired) electrons. The SMILES string of the molecule is Fc1ccc(CCn2c3c(c4ccccc42)CC2CCCN2C3)cc1. The van der Waals surface area contributed by atoms with E-state index in [0.29, 0.717) is 0 Å². The van der Waals surface area contributed by atoms with Crippen LogP contribution in [-0.4, -0.2) is 22.1 Å². The Kier molecular flexibility index (Phi) is 3.63. The lowest BCUT2D eigenvalue weighted by Gasteiger charge is -2.31. The summed E-state index contributed by atoms with van der Waals surface area (Å²) >= 11 is 0. The highest BCUT2D eigenvalue weighted by atomic mass is 19.1. The van der Waals surface area contributed by atoms with Gasteiger partial charge >= 0.3 is 0 Å². The third-order valence-electron chi connectivity index (χ3n) is 6.02. The zero-order valence-electron chi connectivity index (χ0n) is 14.4. The topological polar surface area (TPSA) is 8.17 Å². The summed E-state index contributed by atoms with van der Waals surface area (Å²) in [4.78, 5) is 2.66. The fourth-order valence-corrected chi connectivity index (χ4v) is 4.75. The van der Waals surface area contributed by atoms with Crippen LogP contribution in [0, 0.1) is 5.82 Å². The molecule has 25 heavy (non-hydrogen) atoms. The van der Waals surface area contributed by atoms with E-state index in [1.807, 2.05) is 12.1 Å². The molecule has 0 bridgehead atoms. The molecule has 1 atom stereocenters. The molecule has 2 aromatic carbocycles. The first-order chi connectivity index (χ1) is 12.3. The molecule has 5 rings (SSSR count). The molecule has 0 N–H and O–H groups in total. The first kappa shape index (κ1) is 15.2. The summed E-state index contributed by atoms with van der Waals surface area (Å²) in [5, 5.41) is 1.43. The van der Waals surface area contributed by atoms with E-state index >= 15 is 0 Å². The third kappa shape index (κ3) is 2.58. The molecule has 1 saturated heterocycles. The van der Waals surface area contributed by atoms with Crippen LogP contribution in [0.25, 0.3) is 10.9 Å². The minimum absolute atomic E-state index is 0.160. The first-order valence-electron chi connectivity index (χ1n) is 9.37. The second-order valence-corrected chi connectivity index (χ2v) is 7.44. The van der Waals surface area contributed by atoms with Gasteiger partial charge in [-0.25, -0.2) is 4.39 Å². The number of nitrogens with zero attached hydrogens (tertiary/aromatic N) is 2. The van der Waals surface area contributed by atoms with Crippen molar-refractivity contribution < 1.29 is 4.39 Å². The van der Waals surface area contributed by atoms with Crippen molar-refractivity contribution in [3.8, 4) is 0 Å². The zero-order chi connectivity index (χ0) is 16.8. The Hall–Kier alpha value is -2.13. The Bertz CT molecular complexity index is 910. The van der Waals surface area contributed by atoms with Crippen molar-refractivity contribution in [2.75, 3.05) is 6.54 Å². The third-order valence-corrected chi connectivity index (χ3v) is 6.02. The summed E-state index contributed by atoms with van der Waals surface area (Å²) in [6, 6.07) is 16.5. The standard InChI is InChI=1S/C22H23FN2/c23-17-9-7-16(8-10-17)11-13-25-21-6-2-1-5-19(21)20-14-18-4-3-12-24(18)15-22(20)25/h1-2,5-10,18H,3-4,11-15H2. The maximum Gasteiger partial charge on any atom is 0.123 e. The largest absolute Gasteiger partial charge is 0.343 e. The van der Waals surface area contributed by atoms with Gasteiger partial charge in [-0.2, -0.15) is 0 Å². The van der Waals surface area contributed by atoms with E-state index in [1.165, 1.54) is 48.0 Å². The summed E-state index contributed by atoms with van der Waals surface area (Å²) in [5.41, 5.74) is 5.62. The lowest BCUT2D eigenvalue weighted by Crippen LogP contribution is -2.36. The first-order valence-corrected chi connectivity index (χ1v) is 9.37. The predicted molar refractivity (Wildman–Crippen MR) is 99.2 cm³/mol. The van der Waals surface area contributed by atoms with Crippen molar-refractivity contribution in [1.82, 2.24) is 9.47 Å². The summed E-state index contributed by atoms with van der Waals surface area (Å²) in [7, 11) is 0. The molecule has 2 aliphatic heterocycles. The van der Waals surface area contributed by atoms with Crippen LogP contribution in [0.5, 0.6) is 0 Å². The molecule has 0 amide bonds. The van der Waals surface area contributed by atoms with Crippen molar-refractivity contribution in [3.05, 3.63) is 71.2 Å². The van der Waals surface area contributed by atoms with E-state index in [1.54, 1.807) is 17.7 Å². The van der Waals surface area contributed by atoms with Gasteiger partial charge in [-0.15, -0.1) is 0 Å². The Labute approximate surface area is 147 Å². The Morgan fingerprint density at radius 1 is 1.04 bits per heavy atom. The highest BCUT2D eigenvalue weighted by Crippen LogP contribution is 2.36. The predicted octanol–water partition coefficient (Wildman–Crippen LogP) is 4.54. The summed E-state index contributed by atoms with van der Waals surface area (Å²) in [5.74, 6) is -0.160. The molecule has 2 aliphatic rings. The molecule has 3 heterocycles. The molecular formula is C22H23FN2. The summed E-state index contributed by atoms with van der Waals surface area (Å²) in [6.45, 7) is 3.28. The van der Waals surface area contributed by atoms with Crippen LogP contribution in [0.15, 0.2) is 48.5 Å². The van der Waals surface area contributed by atoms with Crippen LogP contribution in [0.2, 0.25) is 0 Å². The molecule has 3 aromatic rings. The summed E-state index contributed by atoms with van der Waals surface area (Å²) in [6.07, 6.45) is 4.81. The van der Waals surface area contributed by atoms with Crippen LogP contribution < -0.4 is 0 Å². The van der Waals surface area contributed by atoms with Crippen molar-refractivity contribution >= 4 is 10.9 Å². The smallest absolute Gasteiger partial charge is 0.123 e. The van der Waals surface area contributed by atoms with E-state index in [4.69, 9.17) is 0 Å². The molecule has 0 saturated carbocycles. The van der Waals surface area contributed by atoms with Crippen molar-refractivity contribution in [1.29, 1.82) is 0 Å². The molecule has 1 fully saturated rings. The van der Waals surface area contributed by atoms with Crippen LogP contribution in [0.4, 0.5) is 4.39 Å². The number of aromatic nitrogens is 1. The number of benzene rings is 2. The molecular weight excluding hydrogens is 311 g/mol. The fourth-order valence-electron chi connectivity index (χ4n) is 4.75. The van der Waals surface area contributed by atoms with E-state index in [2.05, 4.69) is 33.7 Å². The van der Waals surface area contributed by atoms with Gasteiger partial charge in [0.15, 0.2) is 0 Å². The minimum Gasteiger partial charge on any atom is -0.343 e. The van der Waals surface area contributed by atoms with Gasteiger partial charge in [0, 0.05) is 35.7 Å². The quantitative estimate of drug-likeness (QED) is 0.682. The van der Waals surface area contributed by atoms with Crippen molar-refractivity contribution in [2.45, 2.75) is 44.8 Å². The average molecular weight is 334 g/mol. The van der Waals surface area contributed by atoms with Crippen LogP contribution in [-0.2, 0) is 25.9 Å². The Morgan fingerprint density at radius 2 is 1.88 bits per heavy atom. The molecule has 3 heteroatoms. The monoisotopic (exact) mass is 334 g/mol. The Morgan fingerprint density at radius 3 is 2.76 bits per heavy atom.